The first-order valence-electron chi connectivity index (χ1n) is 7.61. The van der Waals surface area contributed by atoms with Crippen molar-refractivity contribution in [3.63, 3.8) is 0 Å². The third kappa shape index (κ3) is 4.88. The number of hydrogen-bond donors (Lipinski definition) is 0. The summed E-state index contributed by atoms with van der Waals surface area (Å²) in [7, 11) is 3.75. The Morgan fingerprint density at radius 3 is 2.13 bits per heavy atom. The highest BCUT2D eigenvalue weighted by atomic mass is 35.5. The van der Waals surface area contributed by atoms with E-state index in [-0.39, 0.29) is 5.54 Å². The van der Waals surface area contributed by atoms with Gasteiger partial charge in [0.2, 0.25) is 0 Å². The monoisotopic (exact) mass is 333 g/mol. The molecule has 2 aromatic rings. The van der Waals surface area contributed by atoms with Crippen molar-refractivity contribution in [2.75, 3.05) is 14.2 Å². The van der Waals surface area contributed by atoms with Crippen LogP contribution in [-0.2, 0) is 6.54 Å². The molecule has 2 rings (SSSR count). The smallest absolute Gasteiger partial charge is 0.146 e. The first-order valence-corrected chi connectivity index (χ1v) is 7.99. The molecule has 0 saturated heterocycles. The maximum atomic E-state index is 6.37. The zero-order valence-electron chi connectivity index (χ0n) is 14.4. The average Bonchev–Trinajstić information content (AvgIpc) is 2.50. The second-order valence-corrected chi connectivity index (χ2v) is 6.98. The van der Waals surface area contributed by atoms with Crippen molar-refractivity contribution in [2.45, 2.75) is 32.9 Å². The van der Waals surface area contributed by atoms with E-state index >= 15 is 0 Å². The summed E-state index contributed by atoms with van der Waals surface area (Å²) in [6.45, 7) is 7.41. The minimum absolute atomic E-state index is 0.116. The van der Waals surface area contributed by atoms with Crippen LogP contribution in [0.25, 0.3) is 0 Å². The minimum atomic E-state index is 0.116. The summed E-state index contributed by atoms with van der Waals surface area (Å²) in [6.07, 6.45) is 0. The van der Waals surface area contributed by atoms with Crippen LogP contribution in [0.1, 0.15) is 26.3 Å². The molecule has 0 amide bonds. The molecule has 0 bridgehead atoms. The molecule has 0 aliphatic carbocycles. The third-order valence-corrected chi connectivity index (χ3v) is 4.14. The van der Waals surface area contributed by atoms with Crippen LogP contribution >= 0.6 is 11.6 Å². The highest BCUT2D eigenvalue weighted by molar-refractivity contribution is 6.32. The maximum Gasteiger partial charge on any atom is 0.146 e. The summed E-state index contributed by atoms with van der Waals surface area (Å²) in [5.74, 6) is 2.18. The van der Waals surface area contributed by atoms with Gasteiger partial charge < -0.3 is 9.47 Å². The van der Waals surface area contributed by atoms with E-state index in [1.807, 2.05) is 42.5 Å². The van der Waals surface area contributed by atoms with E-state index in [2.05, 4.69) is 32.7 Å². The molecule has 0 radical (unpaired) electrons. The Morgan fingerprint density at radius 1 is 1.00 bits per heavy atom. The van der Waals surface area contributed by atoms with Crippen molar-refractivity contribution < 1.29 is 9.47 Å². The summed E-state index contributed by atoms with van der Waals surface area (Å²) < 4.78 is 11.0. The quantitative estimate of drug-likeness (QED) is 0.734. The second kappa shape index (κ2) is 7.24. The first kappa shape index (κ1) is 17.6. The van der Waals surface area contributed by atoms with Gasteiger partial charge in [0.15, 0.2) is 0 Å². The molecule has 0 unspecified atom stereocenters. The van der Waals surface area contributed by atoms with Gasteiger partial charge in [0.25, 0.3) is 0 Å². The molecule has 0 spiro atoms. The highest BCUT2D eigenvalue weighted by Crippen LogP contribution is 2.31. The van der Waals surface area contributed by atoms with E-state index in [4.69, 9.17) is 21.1 Å². The lowest BCUT2D eigenvalue weighted by Gasteiger charge is -2.32. The summed E-state index contributed by atoms with van der Waals surface area (Å²) in [6, 6.07) is 13.4. The zero-order valence-corrected chi connectivity index (χ0v) is 15.1. The molecule has 0 fully saturated rings. The van der Waals surface area contributed by atoms with Crippen molar-refractivity contribution in [3.8, 4) is 17.2 Å². The Balaban J connectivity index is 2.09. The van der Waals surface area contributed by atoms with E-state index in [0.717, 1.165) is 23.6 Å². The Morgan fingerprint density at radius 2 is 1.61 bits per heavy atom. The van der Waals surface area contributed by atoms with Gasteiger partial charge in [-0.25, -0.2) is 0 Å². The molecule has 0 aliphatic rings. The van der Waals surface area contributed by atoms with E-state index in [0.29, 0.717) is 10.8 Å². The zero-order chi connectivity index (χ0) is 17.0. The van der Waals surface area contributed by atoms with Crippen LogP contribution in [-0.4, -0.2) is 24.6 Å². The molecule has 0 N–H and O–H groups in total. The van der Waals surface area contributed by atoms with Gasteiger partial charge >= 0.3 is 0 Å². The fraction of sp³-hybridized carbons (Fsp3) is 0.368. The fourth-order valence-corrected chi connectivity index (χ4v) is 2.25. The van der Waals surface area contributed by atoms with E-state index < -0.39 is 0 Å². The van der Waals surface area contributed by atoms with Crippen LogP contribution in [0.5, 0.6) is 17.2 Å². The van der Waals surface area contributed by atoms with Crippen LogP contribution in [0.4, 0.5) is 0 Å². The fourth-order valence-electron chi connectivity index (χ4n) is 2.01. The molecule has 0 aliphatic heterocycles. The van der Waals surface area contributed by atoms with E-state index in [1.165, 1.54) is 0 Å². The Bertz CT molecular complexity index is 647. The van der Waals surface area contributed by atoms with Crippen LogP contribution in [0.2, 0.25) is 5.02 Å². The minimum Gasteiger partial charge on any atom is -0.497 e. The van der Waals surface area contributed by atoms with Gasteiger partial charge in [0.05, 0.1) is 12.1 Å². The Kier molecular flexibility index (Phi) is 5.55. The number of hydrogen-bond acceptors (Lipinski definition) is 3. The Labute approximate surface area is 143 Å². The molecule has 23 heavy (non-hydrogen) atoms. The molecular weight excluding hydrogens is 310 g/mol. The van der Waals surface area contributed by atoms with Crippen molar-refractivity contribution in [1.82, 2.24) is 4.90 Å². The first-order chi connectivity index (χ1) is 10.8. The molecule has 3 nitrogen and oxygen atoms in total. The van der Waals surface area contributed by atoms with Crippen molar-refractivity contribution in [1.29, 1.82) is 0 Å². The van der Waals surface area contributed by atoms with Crippen molar-refractivity contribution in [3.05, 3.63) is 53.1 Å². The maximum absolute atomic E-state index is 6.37. The second-order valence-electron chi connectivity index (χ2n) is 6.57. The standard InChI is InChI=1S/C19H24ClNO2/c1-19(2,3)21(4)13-14-6-11-18(17(20)12-14)23-16-9-7-15(22-5)8-10-16/h6-12H,13H2,1-5H3. The number of methoxy groups -OCH3 is 1. The normalized spacial score (nSPS) is 11.6. The molecule has 4 heteroatoms. The number of halogens is 1. The number of nitrogens with zero attached hydrogens (tertiary/aromatic N) is 1. The van der Waals surface area contributed by atoms with Crippen molar-refractivity contribution in [2.24, 2.45) is 0 Å². The van der Waals surface area contributed by atoms with Gasteiger partial charge in [0, 0.05) is 12.1 Å². The van der Waals surface area contributed by atoms with Crippen LogP contribution in [0.15, 0.2) is 42.5 Å². The van der Waals surface area contributed by atoms with E-state index in [1.54, 1.807) is 7.11 Å². The Hall–Kier alpha value is -1.71. The van der Waals surface area contributed by atoms with Gasteiger partial charge in [0.1, 0.15) is 17.2 Å². The molecule has 0 atom stereocenters. The number of benzene rings is 2. The predicted molar refractivity (Wildman–Crippen MR) is 95.7 cm³/mol. The number of rotatable bonds is 5. The summed E-state index contributed by atoms with van der Waals surface area (Å²) in [4.78, 5) is 2.28. The molecule has 124 valence electrons. The van der Waals surface area contributed by atoms with Crippen molar-refractivity contribution >= 4 is 11.6 Å². The van der Waals surface area contributed by atoms with Crippen LogP contribution in [0.3, 0.4) is 0 Å². The lowest BCUT2D eigenvalue weighted by Crippen LogP contribution is -2.37. The van der Waals surface area contributed by atoms with Gasteiger partial charge in [-0.2, -0.15) is 0 Å². The molecule has 2 aromatic carbocycles. The predicted octanol–water partition coefficient (Wildman–Crippen LogP) is 5.37. The summed E-state index contributed by atoms with van der Waals surface area (Å²) in [5.41, 5.74) is 1.28. The molecule has 0 aromatic heterocycles. The van der Waals surface area contributed by atoms with Gasteiger partial charge in [-0.1, -0.05) is 17.7 Å². The lowest BCUT2D eigenvalue weighted by atomic mass is 10.1. The van der Waals surface area contributed by atoms with Gasteiger partial charge in [-0.15, -0.1) is 0 Å². The lowest BCUT2D eigenvalue weighted by molar-refractivity contribution is 0.167. The van der Waals surface area contributed by atoms with Gasteiger partial charge in [-0.05, 0) is 69.8 Å². The highest BCUT2D eigenvalue weighted by Gasteiger charge is 2.17. The molecule has 0 heterocycles. The summed E-state index contributed by atoms with van der Waals surface area (Å²) >= 11 is 6.37. The third-order valence-electron chi connectivity index (χ3n) is 3.85. The summed E-state index contributed by atoms with van der Waals surface area (Å²) in [5, 5.41) is 0.612. The topological polar surface area (TPSA) is 21.7 Å². The molecule has 0 saturated carbocycles. The largest absolute Gasteiger partial charge is 0.497 e. The van der Waals surface area contributed by atoms with Crippen LogP contribution < -0.4 is 9.47 Å². The molecular formula is C19H24ClNO2. The van der Waals surface area contributed by atoms with Gasteiger partial charge in [-0.3, -0.25) is 4.90 Å². The average molecular weight is 334 g/mol. The SMILES string of the molecule is COc1ccc(Oc2ccc(CN(C)C(C)(C)C)cc2Cl)cc1. The van der Waals surface area contributed by atoms with E-state index in [9.17, 15) is 0 Å². The number of ether oxygens (including phenoxy) is 2. The van der Waals surface area contributed by atoms with Crippen LogP contribution in [0, 0.1) is 0 Å².